The van der Waals surface area contributed by atoms with Crippen LogP contribution in [-0.4, -0.2) is 18.0 Å². The zero-order valence-corrected chi connectivity index (χ0v) is 19.1. The first kappa shape index (κ1) is 21.3. The van der Waals surface area contributed by atoms with Gasteiger partial charge in [0.15, 0.2) is 0 Å². The van der Waals surface area contributed by atoms with Gasteiger partial charge in [0.05, 0.1) is 11.0 Å². The van der Waals surface area contributed by atoms with Crippen LogP contribution in [0.25, 0.3) is 0 Å². The number of hydrogen-bond donors (Lipinski definition) is 0. The quantitative estimate of drug-likeness (QED) is 0.324. The van der Waals surface area contributed by atoms with E-state index in [0.717, 1.165) is 12.0 Å². The molecule has 1 saturated carbocycles. The van der Waals surface area contributed by atoms with Crippen LogP contribution in [0.3, 0.4) is 0 Å². The molecular formula is C29H24ClNO2. The lowest BCUT2D eigenvalue weighted by Gasteiger charge is -2.34. The highest BCUT2D eigenvalue weighted by molar-refractivity contribution is 6.30. The van der Waals surface area contributed by atoms with E-state index < -0.39 is 17.0 Å². The number of halogens is 1. The molecular weight excluding hydrogens is 430 g/mol. The van der Waals surface area contributed by atoms with Gasteiger partial charge in [0.1, 0.15) is 5.75 Å². The van der Waals surface area contributed by atoms with Crippen LogP contribution in [0.2, 0.25) is 5.02 Å². The zero-order valence-electron chi connectivity index (χ0n) is 18.3. The Bertz CT molecular complexity index is 1200. The fourth-order valence-electron chi connectivity index (χ4n) is 5.12. The summed E-state index contributed by atoms with van der Waals surface area (Å²) in [6.45, 7) is 0. The van der Waals surface area contributed by atoms with E-state index in [1.165, 1.54) is 11.1 Å². The summed E-state index contributed by atoms with van der Waals surface area (Å²) in [5, 5.41) is 0.596. The molecule has 0 bridgehead atoms. The van der Waals surface area contributed by atoms with Gasteiger partial charge in [-0.2, -0.15) is 0 Å². The highest BCUT2D eigenvalue weighted by Crippen LogP contribution is 2.70. The Hall–Kier alpha value is -3.56. The topological polar surface area (TPSA) is 29.5 Å². The molecule has 1 aliphatic rings. The summed E-state index contributed by atoms with van der Waals surface area (Å²) in [6.07, 6.45) is 0.347. The Balaban J connectivity index is 1.63. The smallest absolute Gasteiger partial charge is 0.410 e. The molecule has 5 rings (SSSR count). The Morgan fingerprint density at radius 3 is 1.67 bits per heavy atom. The summed E-state index contributed by atoms with van der Waals surface area (Å²) in [4.78, 5) is 15.2. The van der Waals surface area contributed by atoms with Crippen molar-refractivity contribution in [2.45, 2.75) is 17.4 Å². The molecule has 0 heterocycles. The molecule has 1 aliphatic carbocycles. The summed E-state index contributed by atoms with van der Waals surface area (Å²) in [5.41, 5.74) is 2.43. The van der Waals surface area contributed by atoms with E-state index in [9.17, 15) is 4.79 Å². The van der Waals surface area contributed by atoms with E-state index in [4.69, 9.17) is 16.3 Å². The molecule has 4 heteroatoms. The first-order chi connectivity index (χ1) is 16.1. The van der Waals surface area contributed by atoms with Gasteiger partial charge in [0, 0.05) is 12.1 Å². The van der Waals surface area contributed by atoms with Crippen LogP contribution in [0.4, 0.5) is 4.79 Å². The van der Waals surface area contributed by atoms with E-state index in [2.05, 4.69) is 60.7 Å². The molecule has 1 fully saturated rings. The fraction of sp³-hybridized carbons (Fsp3) is 0.138. The fourth-order valence-corrected chi connectivity index (χ4v) is 5.25. The van der Waals surface area contributed by atoms with E-state index in [1.807, 2.05) is 37.4 Å². The van der Waals surface area contributed by atoms with E-state index in [-0.39, 0.29) is 0 Å². The molecule has 3 nitrogen and oxygen atoms in total. The molecule has 0 N–H and O–H groups in total. The number of amides is 1. The van der Waals surface area contributed by atoms with Crippen LogP contribution < -0.4 is 4.74 Å². The van der Waals surface area contributed by atoms with E-state index in [1.54, 1.807) is 29.2 Å². The average molecular weight is 454 g/mol. The van der Waals surface area contributed by atoms with Crippen LogP contribution in [0.1, 0.15) is 23.1 Å². The number of carbonyl (C=O) groups is 1. The number of carbonyl (C=O) groups excluding carboxylic acids is 1. The van der Waals surface area contributed by atoms with E-state index in [0.29, 0.717) is 10.8 Å². The SMILES string of the molecule is CN(C(=O)Oc1ccc(Cl)cc1)C1(c2ccccc2)CC1(c1ccccc1)c1ccccc1. The summed E-state index contributed by atoms with van der Waals surface area (Å²) < 4.78 is 5.77. The summed E-state index contributed by atoms with van der Waals surface area (Å²) >= 11 is 6.00. The van der Waals surface area contributed by atoms with Gasteiger partial charge < -0.3 is 4.74 Å². The number of benzene rings is 4. The molecule has 0 saturated heterocycles. The molecule has 0 aliphatic heterocycles. The zero-order chi connectivity index (χ0) is 22.9. The van der Waals surface area contributed by atoms with Crippen molar-refractivity contribution in [3.63, 3.8) is 0 Å². The van der Waals surface area contributed by atoms with Crippen LogP contribution in [0.5, 0.6) is 5.75 Å². The lowest BCUT2D eigenvalue weighted by molar-refractivity contribution is 0.133. The number of hydrogen-bond acceptors (Lipinski definition) is 2. The second-order valence-electron chi connectivity index (χ2n) is 8.42. The van der Waals surface area contributed by atoms with Gasteiger partial charge >= 0.3 is 6.09 Å². The number of likely N-dealkylation sites (N-methyl/N-ethyl adjacent to an activating group) is 1. The third-order valence-electron chi connectivity index (χ3n) is 6.75. The summed E-state index contributed by atoms with van der Waals surface area (Å²) in [7, 11) is 1.83. The number of nitrogens with zero attached hydrogens (tertiary/aromatic N) is 1. The van der Waals surface area contributed by atoms with Gasteiger partial charge in [-0.15, -0.1) is 0 Å². The first-order valence-electron chi connectivity index (χ1n) is 11.0. The van der Waals surface area contributed by atoms with Crippen molar-refractivity contribution in [3.8, 4) is 5.75 Å². The Kier molecular flexibility index (Phi) is 5.43. The minimum absolute atomic E-state index is 0.398. The van der Waals surface area contributed by atoms with Gasteiger partial charge in [-0.25, -0.2) is 4.79 Å². The average Bonchev–Trinajstić information content (AvgIpc) is 3.59. The van der Waals surface area contributed by atoms with Crippen LogP contribution in [0, 0.1) is 0 Å². The first-order valence-corrected chi connectivity index (χ1v) is 11.3. The van der Waals surface area contributed by atoms with Gasteiger partial charge in [-0.05, 0) is 47.4 Å². The standard InChI is InChI=1S/C29H24ClNO2/c1-31(27(32)33-26-19-17-25(30)18-20-26)29(24-15-9-4-10-16-24)21-28(29,22-11-5-2-6-12-22)23-13-7-3-8-14-23/h2-20H,21H2,1H3. The maximum Gasteiger partial charge on any atom is 0.415 e. The highest BCUT2D eigenvalue weighted by atomic mass is 35.5. The maximum atomic E-state index is 13.5. The van der Waals surface area contributed by atoms with Crippen molar-refractivity contribution >= 4 is 17.7 Å². The lowest BCUT2D eigenvalue weighted by atomic mass is 9.80. The molecule has 0 spiro atoms. The molecule has 164 valence electrons. The van der Waals surface area contributed by atoms with Crippen LogP contribution in [-0.2, 0) is 11.0 Å². The predicted molar refractivity (Wildman–Crippen MR) is 132 cm³/mol. The maximum absolute atomic E-state index is 13.5. The minimum Gasteiger partial charge on any atom is -0.410 e. The normalized spacial score (nSPS) is 18.4. The van der Waals surface area contributed by atoms with Gasteiger partial charge in [0.25, 0.3) is 0 Å². The third-order valence-corrected chi connectivity index (χ3v) is 7.00. The van der Waals surface area contributed by atoms with Crippen molar-refractivity contribution in [2.24, 2.45) is 0 Å². The molecule has 1 amide bonds. The van der Waals surface area contributed by atoms with Gasteiger partial charge in [-0.1, -0.05) is 103 Å². The molecule has 33 heavy (non-hydrogen) atoms. The van der Waals surface area contributed by atoms with Crippen molar-refractivity contribution in [3.05, 3.63) is 137 Å². The Morgan fingerprint density at radius 1 is 0.727 bits per heavy atom. The van der Waals surface area contributed by atoms with Gasteiger partial charge in [-0.3, -0.25) is 4.90 Å². The second kappa shape index (κ2) is 8.42. The number of ether oxygens (including phenoxy) is 1. The summed E-state index contributed by atoms with van der Waals surface area (Å²) in [5.74, 6) is 0.463. The molecule has 4 aromatic rings. The molecule has 1 atom stereocenters. The lowest BCUT2D eigenvalue weighted by Crippen LogP contribution is -2.44. The predicted octanol–water partition coefficient (Wildman–Crippen LogP) is 7.06. The minimum atomic E-state index is -0.597. The molecule has 1 unspecified atom stereocenters. The Labute approximate surface area is 199 Å². The second-order valence-corrected chi connectivity index (χ2v) is 8.86. The van der Waals surface area contributed by atoms with Gasteiger partial charge in [0.2, 0.25) is 0 Å². The van der Waals surface area contributed by atoms with Crippen LogP contribution >= 0.6 is 11.6 Å². The van der Waals surface area contributed by atoms with Crippen molar-refractivity contribution in [1.29, 1.82) is 0 Å². The monoisotopic (exact) mass is 453 g/mol. The Morgan fingerprint density at radius 2 is 1.18 bits per heavy atom. The number of rotatable bonds is 5. The van der Waals surface area contributed by atoms with Crippen molar-refractivity contribution in [1.82, 2.24) is 4.90 Å². The van der Waals surface area contributed by atoms with Crippen molar-refractivity contribution < 1.29 is 9.53 Å². The van der Waals surface area contributed by atoms with Crippen molar-refractivity contribution in [2.75, 3.05) is 7.05 Å². The largest absolute Gasteiger partial charge is 0.415 e. The molecule has 4 aromatic carbocycles. The third kappa shape index (κ3) is 3.49. The molecule has 0 aromatic heterocycles. The van der Waals surface area contributed by atoms with Crippen LogP contribution in [0.15, 0.2) is 115 Å². The summed E-state index contributed by atoms with van der Waals surface area (Å²) in [6, 6.07) is 37.9. The van der Waals surface area contributed by atoms with E-state index >= 15 is 0 Å². The highest BCUT2D eigenvalue weighted by Gasteiger charge is 2.73. The molecule has 0 radical (unpaired) electrons.